The molecule has 0 saturated heterocycles. The lowest BCUT2D eigenvalue weighted by Gasteiger charge is -2.06. The van der Waals surface area contributed by atoms with Crippen LogP contribution in [0.5, 0.6) is 0 Å². The van der Waals surface area contributed by atoms with Gasteiger partial charge in [-0.15, -0.1) is 0 Å². The first kappa shape index (κ1) is 12.0. The van der Waals surface area contributed by atoms with Crippen molar-refractivity contribution in [1.29, 1.82) is 0 Å². The number of rotatable bonds is 4. The molecule has 0 aliphatic heterocycles. The van der Waals surface area contributed by atoms with Crippen LogP contribution in [0.4, 0.5) is 10.1 Å². The smallest absolute Gasteiger partial charge is 0.149 e. The predicted molar refractivity (Wildman–Crippen MR) is 59.3 cm³/mol. The Balaban J connectivity index is 2.55. The number of hydrogen-bond acceptors (Lipinski definition) is 3. The Hall–Kier alpha value is -1.10. The molecule has 0 unspecified atom stereocenters. The van der Waals surface area contributed by atoms with Crippen molar-refractivity contribution in [3.05, 3.63) is 29.6 Å². The molecule has 0 atom stereocenters. The highest BCUT2D eigenvalue weighted by atomic mass is 32.2. The first-order chi connectivity index (χ1) is 6.88. The van der Waals surface area contributed by atoms with E-state index < -0.39 is 9.84 Å². The predicted octanol–water partition coefficient (Wildman–Crippen LogP) is 1.59. The third kappa shape index (κ3) is 4.29. The third-order valence-electron chi connectivity index (χ3n) is 1.97. The summed E-state index contributed by atoms with van der Waals surface area (Å²) in [6.07, 6.45) is 1.17. The lowest BCUT2D eigenvalue weighted by molar-refractivity contribution is 0.602. The van der Waals surface area contributed by atoms with Gasteiger partial charge in [0, 0.05) is 18.5 Å². The second kappa shape index (κ2) is 4.61. The largest absolute Gasteiger partial charge is 0.384 e. The van der Waals surface area contributed by atoms with Crippen LogP contribution in [-0.4, -0.2) is 27.0 Å². The van der Waals surface area contributed by atoms with Gasteiger partial charge in [0.1, 0.15) is 15.7 Å². The quantitative estimate of drug-likeness (QED) is 0.856. The zero-order valence-electron chi connectivity index (χ0n) is 8.75. The molecule has 84 valence electrons. The highest BCUT2D eigenvalue weighted by molar-refractivity contribution is 7.90. The Kier molecular flexibility index (Phi) is 3.68. The molecule has 1 N–H and O–H groups in total. The van der Waals surface area contributed by atoms with Crippen LogP contribution in [0.15, 0.2) is 18.2 Å². The third-order valence-corrected chi connectivity index (χ3v) is 2.92. The number of sulfone groups is 1. The SMILES string of the molecule is Cc1ccc(NCCS(C)(=O)=O)cc1F. The molecular formula is C10H14FNO2S. The summed E-state index contributed by atoms with van der Waals surface area (Å²) < 4.78 is 34.7. The van der Waals surface area contributed by atoms with Crippen molar-refractivity contribution in [2.45, 2.75) is 6.92 Å². The van der Waals surface area contributed by atoms with E-state index >= 15 is 0 Å². The van der Waals surface area contributed by atoms with E-state index in [0.29, 0.717) is 17.8 Å². The number of halogens is 1. The first-order valence-corrected chi connectivity index (χ1v) is 6.62. The molecule has 0 saturated carbocycles. The fourth-order valence-corrected chi connectivity index (χ4v) is 1.56. The van der Waals surface area contributed by atoms with Crippen molar-refractivity contribution in [2.24, 2.45) is 0 Å². The van der Waals surface area contributed by atoms with Crippen molar-refractivity contribution < 1.29 is 12.8 Å². The average Bonchev–Trinajstić information content (AvgIpc) is 2.09. The Labute approximate surface area is 89.2 Å². The summed E-state index contributed by atoms with van der Waals surface area (Å²) in [6.45, 7) is 1.97. The van der Waals surface area contributed by atoms with E-state index in [2.05, 4.69) is 5.32 Å². The van der Waals surface area contributed by atoms with E-state index in [1.165, 1.54) is 12.3 Å². The highest BCUT2D eigenvalue weighted by Crippen LogP contribution is 2.13. The van der Waals surface area contributed by atoms with Gasteiger partial charge in [0.15, 0.2) is 0 Å². The van der Waals surface area contributed by atoms with Crippen LogP contribution in [0.2, 0.25) is 0 Å². The maximum Gasteiger partial charge on any atom is 0.149 e. The normalized spacial score (nSPS) is 11.4. The lowest BCUT2D eigenvalue weighted by atomic mass is 10.2. The Morgan fingerprint density at radius 1 is 1.40 bits per heavy atom. The Bertz CT molecular complexity index is 443. The van der Waals surface area contributed by atoms with Crippen LogP contribution in [0.25, 0.3) is 0 Å². The zero-order chi connectivity index (χ0) is 11.5. The fraction of sp³-hybridized carbons (Fsp3) is 0.400. The van der Waals surface area contributed by atoms with Gasteiger partial charge in [-0.1, -0.05) is 6.07 Å². The molecule has 3 nitrogen and oxygen atoms in total. The van der Waals surface area contributed by atoms with Gasteiger partial charge in [-0.25, -0.2) is 12.8 Å². The number of benzene rings is 1. The molecule has 1 rings (SSSR count). The molecule has 0 aliphatic rings. The second-order valence-corrected chi connectivity index (χ2v) is 5.78. The van der Waals surface area contributed by atoms with E-state index in [1.54, 1.807) is 19.1 Å². The van der Waals surface area contributed by atoms with Crippen LogP contribution in [0, 0.1) is 12.7 Å². The van der Waals surface area contributed by atoms with Crippen LogP contribution in [-0.2, 0) is 9.84 Å². The summed E-state index contributed by atoms with van der Waals surface area (Å²) in [4.78, 5) is 0. The van der Waals surface area contributed by atoms with Gasteiger partial charge in [-0.2, -0.15) is 0 Å². The average molecular weight is 231 g/mol. The van der Waals surface area contributed by atoms with E-state index in [9.17, 15) is 12.8 Å². The Morgan fingerprint density at radius 2 is 2.07 bits per heavy atom. The minimum atomic E-state index is -2.97. The summed E-state index contributed by atoms with van der Waals surface area (Å²) in [5.74, 6) is -0.248. The molecule has 0 amide bonds. The molecule has 0 fully saturated rings. The van der Waals surface area contributed by atoms with Gasteiger partial charge in [-0.05, 0) is 24.6 Å². The molecule has 1 aromatic carbocycles. The van der Waals surface area contributed by atoms with Crippen molar-refractivity contribution in [1.82, 2.24) is 0 Å². The summed E-state index contributed by atoms with van der Waals surface area (Å²) in [7, 11) is -2.97. The summed E-state index contributed by atoms with van der Waals surface area (Å²) >= 11 is 0. The van der Waals surface area contributed by atoms with E-state index in [0.717, 1.165) is 0 Å². The summed E-state index contributed by atoms with van der Waals surface area (Å²) in [5.41, 5.74) is 1.17. The van der Waals surface area contributed by atoms with E-state index in [1.807, 2.05) is 0 Å². The molecule has 0 radical (unpaired) electrons. The topological polar surface area (TPSA) is 46.2 Å². The standard InChI is InChI=1S/C10H14FNO2S/c1-8-3-4-9(7-10(8)11)12-5-6-15(2,13)14/h3-4,7,12H,5-6H2,1-2H3. The maximum atomic E-state index is 13.1. The van der Waals surface area contributed by atoms with Gasteiger partial charge in [-0.3, -0.25) is 0 Å². The minimum Gasteiger partial charge on any atom is -0.384 e. The van der Waals surface area contributed by atoms with Gasteiger partial charge in [0.05, 0.1) is 5.75 Å². The summed E-state index contributed by atoms with van der Waals surface area (Å²) in [5, 5.41) is 2.85. The molecule has 15 heavy (non-hydrogen) atoms. The monoisotopic (exact) mass is 231 g/mol. The molecule has 0 aromatic heterocycles. The molecule has 0 aliphatic carbocycles. The number of hydrogen-bond donors (Lipinski definition) is 1. The van der Waals surface area contributed by atoms with Gasteiger partial charge in [0.2, 0.25) is 0 Å². The molecule has 0 bridgehead atoms. The maximum absolute atomic E-state index is 13.1. The molecular weight excluding hydrogens is 217 g/mol. The van der Waals surface area contributed by atoms with Crippen molar-refractivity contribution in [3.8, 4) is 0 Å². The lowest BCUT2D eigenvalue weighted by Crippen LogP contribution is -2.14. The van der Waals surface area contributed by atoms with Crippen molar-refractivity contribution >= 4 is 15.5 Å². The van der Waals surface area contributed by atoms with E-state index in [4.69, 9.17) is 0 Å². The number of anilines is 1. The fourth-order valence-electron chi connectivity index (χ4n) is 1.08. The van der Waals surface area contributed by atoms with Crippen LogP contribution in [0.1, 0.15) is 5.56 Å². The number of aryl methyl sites for hydroxylation is 1. The van der Waals surface area contributed by atoms with Gasteiger partial charge >= 0.3 is 0 Å². The molecule has 0 heterocycles. The molecule has 1 aromatic rings. The molecule has 5 heteroatoms. The Morgan fingerprint density at radius 3 is 2.60 bits per heavy atom. The van der Waals surface area contributed by atoms with Crippen LogP contribution in [0.3, 0.4) is 0 Å². The van der Waals surface area contributed by atoms with Crippen molar-refractivity contribution in [2.75, 3.05) is 23.9 Å². The first-order valence-electron chi connectivity index (χ1n) is 4.56. The minimum absolute atomic E-state index is 0.0441. The van der Waals surface area contributed by atoms with Crippen LogP contribution < -0.4 is 5.32 Å². The second-order valence-electron chi connectivity index (χ2n) is 3.52. The van der Waals surface area contributed by atoms with Gasteiger partial charge in [0.25, 0.3) is 0 Å². The van der Waals surface area contributed by atoms with E-state index in [-0.39, 0.29) is 11.6 Å². The van der Waals surface area contributed by atoms with Crippen molar-refractivity contribution in [3.63, 3.8) is 0 Å². The van der Waals surface area contributed by atoms with Crippen LogP contribution >= 0.6 is 0 Å². The zero-order valence-corrected chi connectivity index (χ0v) is 9.57. The summed E-state index contributed by atoms with van der Waals surface area (Å²) in [6, 6.07) is 4.73. The van der Waals surface area contributed by atoms with Gasteiger partial charge < -0.3 is 5.32 Å². The molecule has 0 spiro atoms. The highest BCUT2D eigenvalue weighted by Gasteiger charge is 2.02. The number of nitrogens with one attached hydrogen (secondary N) is 1.